The van der Waals surface area contributed by atoms with E-state index in [0.29, 0.717) is 37.2 Å². The number of benzene rings is 2. The number of para-hydroxylation sites is 3. The summed E-state index contributed by atoms with van der Waals surface area (Å²) in [7, 11) is 0. The number of fused-ring (bicyclic) bond motifs is 1. The van der Waals surface area contributed by atoms with E-state index < -0.39 is 6.29 Å². The van der Waals surface area contributed by atoms with Gasteiger partial charge in [0.15, 0.2) is 5.76 Å². The van der Waals surface area contributed by atoms with Gasteiger partial charge in [-0.3, -0.25) is 4.79 Å². The molecule has 1 aliphatic rings. The van der Waals surface area contributed by atoms with Crippen LogP contribution in [0.15, 0.2) is 71.0 Å². The maximum absolute atomic E-state index is 12.9. The number of aliphatic hydroxyl groups excluding tert-OH is 1. The Morgan fingerprint density at radius 3 is 2.81 bits per heavy atom. The molecule has 2 heterocycles. The molecule has 31 heavy (non-hydrogen) atoms. The number of allylic oxidation sites excluding steroid dienone is 1. The maximum atomic E-state index is 12.9. The number of unbranched alkanes of at least 4 members (excludes halogenated alkanes) is 1. The average Bonchev–Trinajstić information content (AvgIpc) is 3.22. The van der Waals surface area contributed by atoms with Gasteiger partial charge in [0.25, 0.3) is 5.91 Å². The third kappa shape index (κ3) is 4.90. The van der Waals surface area contributed by atoms with E-state index in [1.165, 1.54) is 0 Å². The van der Waals surface area contributed by atoms with Crippen molar-refractivity contribution in [2.45, 2.75) is 31.5 Å². The Hall–Kier alpha value is -3.29. The summed E-state index contributed by atoms with van der Waals surface area (Å²) in [6.07, 6.45) is 4.86. The molecule has 0 saturated heterocycles. The van der Waals surface area contributed by atoms with Crippen LogP contribution in [0.25, 0.3) is 11.0 Å². The van der Waals surface area contributed by atoms with E-state index in [2.05, 4.69) is 5.32 Å². The third-order valence-corrected chi connectivity index (χ3v) is 5.26. The number of nitrogens with one attached hydrogen (secondary N) is 1. The Labute approximate surface area is 180 Å². The number of nitrogens with two attached hydrogens (primary N) is 1. The first-order valence-corrected chi connectivity index (χ1v) is 10.4. The minimum atomic E-state index is -0.587. The van der Waals surface area contributed by atoms with Gasteiger partial charge in [-0.25, -0.2) is 0 Å². The van der Waals surface area contributed by atoms with Gasteiger partial charge in [-0.15, -0.1) is 0 Å². The zero-order chi connectivity index (χ0) is 21.6. The Morgan fingerprint density at radius 1 is 1.16 bits per heavy atom. The lowest BCUT2D eigenvalue weighted by molar-refractivity contribution is -0.143. The predicted octanol–water partition coefficient (Wildman–Crippen LogP) is 4.16. The molecule has 1 aromatic heterocycles. The first kappa shape index (κ1) is 21.0. The molecule has 4 N–H and O–H groups in total. The van der Waals surface area contributed by atoms with E-state index in [9.17, 15) is 4.79 Å². The summed E-state index contributed by atoms with van der Waals surface area (Å²) in [5.41, 5.74) is 8.72. The molecule has 0 radical (unpaired) electrons. The number of anilines is 2. The molecule has 0 saturated carbocycles. The average molecular weight is 422 g/mol. The van der Waals surface area contributed by atoms with Gasteiger partial charge in [0.05, 0.1) is 24.2 Å². The molecule has 4 rings (SSSR count). The Morgan fingerprint density at radius 2 is 1.97 bits per heavy atom. The van der Waals surface area contributed by atoms with Crippen LogP contribution in [0.5, 0.6) is 0 Å². The van der Waals surface area contributed by atoms with Gasteiger partial charge in [0.2, 0.25) is 6.29 Å². The zero-order valence-corrected chi connectivity index (χ0v) is 17.1. The second-order valence-corrected chi connectivity index (χ2v) is 7.45. The lowest BCUT2D eigenvalue weighted by Gasteiger charge is -2.29. The minimum Gasteiger partial charge on any atom is -0.464 e. The van der Waals surface area contributed by atoms with Crippen molar-refractivity contribution in [3.05, 3.63) is 72.2 Å². The summed E-state index contributed by atoms with van der Waals surface area (Å²) in [4.78, 5) is 12.9. The van der Waals surface area contributed by atoms with E-state index in [1.54, 1.807) is 36.6 Å². The minimum absolute atomic E-state index is 0.116. The lowest BCUT2D eigenvalue weighted by Crippen LogP contribution is -2.29. The highest BCUT2D eigenvalue weighted by atomic mass is 16.7. The fraction of sp³-hybridized carbons (Fsp3) is 0.292. The molecule has 1 amide bonds. The predicted molar refractivity (Wildman–Crippen MR) is 118 cm³/mol. The van der Waals surface area contributed by atoms with Crippen molar-refractivity contribution in [2.24, 2.45) is 0 Å². The van der Waals surface area contributed by atoms with Crippen LogP contribution in [-0.4, -0.2) is 30.5 Å². The zero-order valence-electron chi connectivity index (χ0n) is 17.1. The largest absolute Gasteiger partial charge is 0.464 e. The van der Waals surface area contributed by atoms with Gasteiger partial charge in [-0.2, -0.15) is 0 Å². The number of hydrogen-bond acceptors (Lipinski definition) is 6. The summed E-state index contributed by atoms with van der Waals surface area (Å²) in [5, 5.41) is 12.8. The fourth-order valence-electron chi connectivity index (χ4n) is 3.64. The van der Waals surface area contributed by atoms with Gasteiger partial charge in [0, 0.05) is 29.9 Å². The number of furan rings is 1. The summed E-state index contributed by atoms with van der Waals surface area (Å²) in [5.74, 6) is -0.328. The van der Waals surface area contributed by atoms with Crippen molar-refractivity contribution in [1.82, 2.24) is 0 Å². The number of carbonyl (C=O) groups excluding carboxylic acids is 1. The van der Waals surface area contributed by atoms with Gasteiger partial charge >= 0.3 is 0 Å². The van der Waals surface area contributed by atoms with Crippen molar-refractivity contribution < 1.29 is 23.8 Å². The van der Waals surface area contributed by atoms with Gasteiger partial charge in [-0.05, 0) is 37.1 Å². The van der Waals surface area contributed by atoms with E-state index >= 15 is 0 Å². The molecule has 3 aromatic rings. The van der Waals surface area contributed by atoms with Gasteiger partial charge < -0.3 is 30.0 Å². The molecule has 0 fully saturated rings. The molecule has 0 unspecified atom stereocenters. The molecule has 7 nitrogen and oxygen atoms in total. The maximum Gasteiger partial charge on any atom is 0.290 e. The first-order chi connectivity index (χ1) is 15.2. The number of hydrogen-bond donors (Lipinski definition) is 3. The highest BCUT2D eigenvalue weighted by molar-refractivity contribution is 6.04. The number of ether oxygens (including phenoxy) is 2. The fourth-order valence-corrected chi connectivity index (χ4v) is 3.64. The number of amides is 1. The molecular weight excluding hydrogens is 396 g/mol. The van der Waals surface area contributed by atoms with Crippen molar-refractivity contribution >= 4 is 28.3 Å². The third-order valence-electron chi connectivity index (χ3n) is 5.26. The monoisotopic (exact) mass is 422 g/mol. The van der Waals surface area contributed by atoms with Crippen LogP contribution >= 0.6 is 0 Å². The Bertz CT molecular complexity index is 1070. The van der Waals surface area contributed by atoms with Gasteiger partial charge in [-0.1, -0.05) is 30.3 Å². The quantitative estimate of drug-likeness (QED) is 0.372. The Balaban J connectivity index is 1.58. The second-order valence-electron chi connectivity index (χ2n) is 7.45. The topological polar surface area (TPSA) is 107 Å². The van der Waals surface area contributed by atoms with E-state index in [0.717, 1.165) is 16.5 Å². The number of carbonyl (C=O) groups is 1. The van der Waals surface area contributed by atoms with E-state index in [-0.39, 0.29) is 24.2 Å². The van der Waals surface area contributed by atoms with Crippen molar-refractivity contribution in [3.8, 4) is 0 Å². The molecule has 2 aromatic carbocycles. The number of rotatable bonds is 8. The van der Waals surface area contributed by atoms with Crippen molar-refractivity contribution in [1.29, 1.82) is 0 Å². The summed E-state index contributed by atoms with van der Waals surface area (Å²) >= 11 is 0. The summed E-state index contributed by atoms with van der Waals surface area (Å²) in [6.45, 7) is 0.551. The van der Waals surface area contributed by atoms with Gasteiger partial charge in [0.1, 0.15) is 5.58 Å². The van der Waals surface area contributed by atoms with Crippen LogP contribution in [-0.2, 0) is 14.3 Å². The molecule has 0 bridgehead atoms. The molecule has 1 aliphatic heterocycles. The number of nitrogen functional groups attached to an aromatic ring is 1. The van der Waals surface area contributed by atoms with Crippen LogP contribution < -0.4 is 11.1 Å². The Kier molecular flexibility index (Phi) is 6.54. The molecule has 2 atom stereocenters. The lowest BCUT2D eigenvalue weighted by atomic mass is 9.92. The molecule has 162 valence electrons. The van der Waals surface area contributed by atoms with Crippen LogP contribution in [0.1, 0.15) is 30.7 Å². The highest BCUT2D eigenvalue weighted by Crippen LogP contribution is 2.36. The normalized spacial score (nSPS) is 18.4. The summed E-state index contributed by atoms with van der Waals surface area (Å²) in [6, 6.07) is 14.9. The molecule has 0 aliphatic carbocycles. The van der Waals surface area contributed by atoms with Crippen LogP contribution in [0.4, 0.5) is 11.4 Å². The van der Waals surface area contributed by atoms with Crippen LogP contribution in [0.3, 0.4) is 0 Å². The second kappa shape index (κ2) is 9.68. The smallest absolute Gasteiger partial charge is 0.290 e. The first-order valence-electron chi connectivity index (χ1n) is 10.4. The number of aliphatic hydroxyl groups is 1. The van der Waals surface area contributed by atoms with Crippen LogP contribution in [0.2, 0.25) is 0 Å². The van der Waals surface area contributed by atoms with Crippen molar-refractivity contribution in [2.75, 3.05) is 24.3 Å². The molecule has 7 heteroatoms. The molecular formula is C24H26N2O5. The molecule has 0 spiro atoms. The summed E-state index contributed by atoms with van der Waals surface area (Å²) < 4.78 is 17.4. The standard InChI is InChI=1S/C24H26N2O5/c25-19-8-2-3-9-20(19)26-24(28)22-13-16(14-23(31-22)29-12-6-5-11-27)18-15-30-21-10-4-1-7-17(18)21/h1-4,7-10,13,15-16,23,27H,5-6,11-12,14,25H2,(H,26,28)/t16-,23+/m0/s1. The van der Waals surface area contributed by atoms with E-state index in [4.69, 9.17) is 24.7 Å². The highest BCUT2D eigenvalue weighted by Gasteiger charge is 2.30. The van der Waals surface area contributed by atoms with E-state index in [1.807, 2.05) is 24.3 Å². The SMILES string of the molecule is Nc1ccccc1NC(=O)C1=C[C@H](c2coc3ccccc23)C[C@H](OCCCCO)O1. The van der Waals surface area contributed by atoms with Crippen LogP contribution in [0, 0.1) is 0 Å². The van der Waals surface area contributed by atoms with Crippen molar-refractivity contribution in [3.63, 3.8) is 0 Å².